The summed E-state index contributed by atoms with van der Waals surface area (Å²) in [6, 6.07) is 5.40. The maximum Gasteiger partial charge on any atom is 0.342 e. The van der Waals surface area contributed by atoms with Crippen LogP contribution in [0.5, 0.6) is 23.0 Å². The van der Waals surface area contributed by atoms with Gasteiger partial charge in [-0.25, -0.2) is 0 Å². The molecule has 0 aliphatic heterocycles. The molecule has 2 rings (SSSR count). The minimum Gasteiger partial charge on any atom is -0.508 e. The second kappa shape index (κ2) is 9.18. The Hall–Kier alpha value is -2.10. The monoisotopic (exact) mass is 477 g/mol. The van der Waals surface area contributed by atoms with Gasteiger partial charge in [-0.05, 0) is 26.0 Å². The molecule has 0 heterocycles. The first-order chi connectivity index (χ1) is 14.2. The molecular formula is C18H25NO10P2. The van der Waals surface area contributed by atoms with Crippen LogP contribution in [0.3, 0.4) is 0 Å². The lowest BCUT2D eigenvalue weighted by molar-refractivity contribution is 0.335. The van der Waals surface area contributed by atoms with Crippen molar-refractivity contribution in [2.75, 3.05) is 13.1 Å². The smallest absolute Gasteiger partial charge is 0.342 e. The highest BCUT2D eigenvalue weighted by Crippen LogP contribution is 2.59. The molecule has 0 amide bonds. The van der Waals surface area contributed by atoms with Crippen LogP contribution in [0, 0.1) is 13.8 Å². The SMILES string of the molecule is Cc1c(O)ccc(C(CNCC(P(=O)(O)O)P(=O)(O)O)c2ccc(O)c(C)c2O)c1O. The lowest BCUT2D eigenvalue weighted by atomic mass is 9.87. The van der Waals surface area contributed by atoms with Gasteiger partial charge in [0, 0.05) is 41.3 Å². The van der Waals surface area contributed by atoms with E-state index in [1.54, 1.807) is 0 Å². The average Bonchev–Trinajstić information content (AvgIpc) is 2.64. The third-order valence-electron chi connectivity index (χ3n) is 5.07. The second-order valence-corrected chi connectivity index (χ2v) is 11.2. The molecule has 2 aromatic carbocycles. The van der Waals surface area contributed by atoms with E-state index in [1.807, 2.05) is 0 Å². The normalized spacial score (nSPS) is 12.6. The zero-order valence-electron chi connectivity index (χ0n) is 16.7. The van der Waals surface area contributed by atoms with Crippen LogP contribution >= 0.6 is 15.2 Å². The van der Waals surface area contributed by atoms with Crippen LogP contribution in [-0.2, 0) is 9.13 Å². The Labute approximate surface area is 178 Å². The molecule has 0 radical (unpaired) electrons. The highest BCUT2D eigenvalue weighted by Gasteiger charge is 2.43. The topological polar surface area (TPSA) is 208 Å². The molecule has 13 heteroatoms. The summed E-state index contributed by atoms with van der Waals surface area (Å²) in [5, 5.41) is 41.0. The average molecular weight is 477 g/mol. The zero-order chi connectivity index (χ0) is 23.7. The summed E-state index contributed by atoms with van der Waals surface area (Å²) in [4.78, 5) is 37.1. The van der Waals surface area contributed by atoms with Crippen LogP contribution in [0.1, 0.15) is 28.2 Å². The number of nitrogens with one attached hydrogen (secondary N) is 1. The van der Waals surface area contributed by atoms with Gasteiger partial charge in [-0.3, -0.25) is 9.13 Å². The van der Waals surface area contributed by atoms with E-state index in [0.29, 0.717) is 0 Å². The van der Waals surface area contributed by atoms with Crippen molar-refractivity contribution < 1.29 is 49.1 Å². The Balaban J connectivity index is 2.48. The van der Waals surface area contributed by atoms with Gasteiger partial charge in [-0.1, -0.05) is 12.1 Å². The van der Waals surface area contributed by atoms with Crippen LogP contribution in [0.25, 0.3) is 0 Å². The number of phenols is 4. The van der Waals surface area contributed by atoms with Gasteiger partial charge in [0.1, 0.15) is 23.0 Å². The minimum atomic E-state index is -5.14. The number of benzene rings is 2. The molecular weight excluding hydrogens is 452 g/mol. The predicted molar refractivity (Wildman–Crippen MR) is 112 cm³/mol. The molecule has 0 aliphatic rings. The fraction of sp³-hybridized carbons (Fsp3) is 0.333. The number of hydrogen-bond donors (Lipinski definition) is 9. The van der Waals surface area contributed by atoms with E-state index in [0.717, 1.165) is 0 Å². The third-order valence-corrected chi connectivity index (χ3v) is 8.79. The van der Waals surface area contributed by atoms with Gasteiger partial charge in [0.25, 0.3) is 0 Å². The lowest BCUT2D eigenvalue weighted by Crippen LogP contribution is -2.31. The van der Waals surface area contributed by atoms with Crippen molar-refractivity contribution in [3.05, 3.63) is 46.5 Å². The van der Waals surface area contributed by atoms with Crippen LogP contribution in [-0.4, -0.2) is 58.5 Å². The van der Waals surface area contributed by atoms with Crippen molar-refractivity contribution in [1.82, 2.24) is 5.32 Å². The molecule has 172 valence electrons. The number of aromatic hydroxyl groups is 4. The second-order valence-electron chi connectivity index (χ2n) is 7.16. The van der Waals surface area contributed by atoms with Crippen molar-refractivity contribution in [2.24, 2.45) is 0 Å². The number of phenolic OH excluding ortho intramolecular Hbond substituents is 4. The molecule has 0 saturated heterocycles. The van der Waals surface area contributed by atoms with Crippen LogP contribution in [0.15, 0.2) is 24.3 Å². The minimum absolute atomic E-state index is 0.154. The summed E-state index contributed by atoms with van der Waals surface area (Å²) in [5.74, 6) is -1.81. The quantitative estimate of drug-likeness (QED) is 0.249. The van der Waals surface area contributed by atoms with E-state index in [9.17, 15) is 49.1 Å². The Morgan fingerprint density at radius 1 is 0.742 bits per heavy atom. The summed E-state index contributed by atoms with van der Waals surface area (Å²) in [6.07, 6.45) is 0. The fourth-order valence-electron chi connectivity index (χ4n) is 3.16. The van der Waals surface area contributed by atoms with Gasteiger partial charge in [-0.15, -0.1) is 0 Å². The zero-order valence-corrected chi connectivity index (χ0v) is 18.5. The summed E-state index contributed by atoms with van der Waals surface area (Å²) >= 11 is 0. The molecule has 31 heavy (non-hydrogen) atoms. The van der Waals surface area contributed by atoms with Crippen LogP contribution in [0.2, 0.25) is 0 Å². The maximum absolute atomic E-state index is 11.5. The van der Waals surface area contributed by atoms with Gasteiger partial charge in [0.2, 0.25) is 0 Å². The number of hydrogen-bond acceptors (Lipinski definition) is 7. The highest BCUT2D eigenvalue weighted by molar-refractivity contribution is 7.70. The third kappa shape index (κ3) is 5.58. The van der Waals surface area contributed by atoms with Gasteiger partial charge in [0.05, 0.1) is 0 Å². The van der Waals surface area contributed by atoms with Gasteiger partial charge >= 0.3 is 15.2 Å². The van der Waals surface area contributed by atoms with Gasteiger partial charge in [-0.2, -0.15) is 0 Å². The predicted octanol–water partition coefficient (Wildman–Crippen LogP) is 1.53. The van der Waals surface area contributed by atoms with E-state index < -0.39 is 33.1 Å². The molecule has 0 atom stereocenters. The van der Waals surface area contributed by atoms with E-state index in [2.05, 4.69) is 5.32 Å². The van der Waals surface area contributed by atoms with E-state index in [-0.39, 0.29) is 51.8 Å². The lowest BCUT2D eigenvalue weighted by Gasteiger charge is -2.25. The van der Waals surface area contributed by atoms with Crippen molar-refractivity contribution in [3.63, 3.8) is 0 Å². The Bertz CT molecular complexity index is 982. The highest BCUT2D eigenvalue weighted by atomic mass is 31.2. The molecule has 0 unspecified atom stereocenters. The van der Waals surface area contributed by atoms with Gasteiger partial charge in [0.15, 0.2) is 5.40 Å². The van der Waals surface area contributed by atoms with Crippen LogP contribution in [0.4, 0.5) is 0 Å². The van der Waals surface area contributed by atoms with Crippen molar-refractivity contribution in [2.45, 2.75) is 25.2 Å². The molecule has 0 spiro atoms. The largest absolute Gasteiger partial charge is 0.508 e. The standard InChI is InChI=1S/C18H25NO10P2/c1-9-14(20)5-3-11(17(9)22)13(12-4-6-15(21)10(2)18(12)23)7-19-8-16(30(24,25)26)31(27,28)29/h3-6,13,16,19-23H,7-8H2,1-2H3,(H2,24,25,26)(H2,27,28,29). The first-order valence-electron chi connectivity index (χ1n) is 9.00. The molecule has 0 bridgehead atoms. The first-order valence-corrected chi connectivity index (χ1v) is 12.4. The Morgan fingerprint density at radius 2 is 1.13 bits per heavy atom. The van der Waals surface area contributed by atoms with E-state index in [1.165, 1.54) is 38.1 Å². The van der Waals surface area contributed by atoms with E-state index >= 15 is 0 Å². The molecule has 0 aliphatic carbocycles. The molecule has 0 fully saturated rings. The van der Waals surface area contributed by atoms with Crippen molar-refractivity contribution in [3.8, 4) is 23.0 Å². The molecule has 11 nitrogen and oxygen atoms in total. The summed E-state index contributed by atoms with van der Waals surface area (Å²) in [6.45, 7) is 1.96. The van der Waals surface area contributed by atoms with Crippen molar-refractivity contribution in [1.29, 1.82) is 0 Å². The fourth-order valence-corrected chi connectivity index (χ4v) is 5.46. The summed E-state index contributed by atoms with van der Waals surface area (Å²) < 4.78 is 23.0. The maximum atomic E-state index is 11.5. The van der Waals surface area contributed by atoms with Gasteiger partial charge < -0.3 is 45.3 Å². The first kappa shape index (κ1) is 25.2. The summed E-state index contributed by atoms with van der Waals surface area (Å²) in [7, 11) is -10.3. The van der Waals surface area contributed by atoms with E-state index in [4.69, 9.17) is 0 Å². The van der Waals surface area contributed by atoms with Crippen molar-refractivity contribution >= 4 is 15.2 Å². The Kier molecular flexibility index (Phi) is 7.45. The molecule has 2 aromatic rings. The van der Waals surface area contributed by atoms with Crippen LogP contribution < -0.4 is 5.32 Å². The number of rotatable bonds is 8. The molecule has 9 N–H and O–H groups in total. The molecule has 0 saturated carbocycles. The summed E-state index contributed by atoms with van der Waals surface area (Å²) in [5.41, 5.74) is 0.765. The Morgan fingerprint density at radius 3 is 1.48 bits per heavy atom. The molecule has 0 aromatic heterocycles.